The third kappa shape index (κ3) is 5.52. The number of carbonyl (C=O) groups is 1. The van der Waals surface area contributed by atoms with Crippen LogP contribution in [0.4, 0.5) is 0 Å². The molecule has 0 fully saturated rings. The Labute approximate surface area is 233 Å². The number of aromatic nitrogens is 1. The largest absolute Gasteiger partial charge is 0.477 e. The first-order valence-corrected chi connectivity index (χ1v) is 13.3. The number of benzene rings is 4. The minimum atomic E-state index is -1.02. The van der Waals surface area contributed by atoms with Gasteiger partial charge >= 0.3 is 5.97 Å². The molecule has 0 spiro atoms. The van der Waals surface area contributed by atoms with Gasteiger partial charge in [-0.1, -0.05) is 89.0 Å². The number of aromatic carboxylic acids is 1. The summed E-state index contributed by atoms with van der Waals surface area (Å²) in [7, 11) is 0. The molecular formula is C29H20Cl3NO3S. The van der Waals surface area contributed by atoms with E-state index in [2.05, 4.69) is 0 Å². The SMILES string of the molecule is O=C(O)c1cc2c(Sc3ccc(Cl)cc3Cl)cc(Cl)cc2n1Cc1ccc(-c2cccc(CO)c2)cc1. The second-order valence-corrected chi connectivity index (χ2v) is 10.9. The van der Waals surface area contributed by atoms with Crippen LogP contribution >= 0.6 is 46.6 Å². The average molecular weight is 569 g/mol. The summed E-state index contributed by atoms with van der Waals surface area (Å²) in [6.07, 6.45) is 0. The van der Waals surface area contributed by atoms with E-state index < -0.39 is 5.97 Å². The summed E-state index contributed by atoms with van der Waals surface area (Å²) < 4.78 is 1.76. The fourth-order valence-electron chi connectivity index (χ4n) is 4.23. The van der Waals surface area contributed by atoms with Gasteiger partial charge < -0.3 is 14.8 Å². The van der Waals surface area contributed by atoms with Crippen molar-refractivity contribution in [1.82, 2.24) is 4.57 Å². The summed E-state index contributed by atoms with van der Waals surface area (Å²) in [4.78, 5) is 13.8. The molecule has 0 aliphatic carbocycles. The smallest absolute Gasteiger partial charge is 0.352 e. The lowest BCUT2D eigenvalue weighted by atomic mass is 10.0. The van der Waals surface area contributed by atoms with Gasteiger partial charge in [-0.25, -0.2) is 4.79 Å². The topological polar surface area (TPSA) is 62.5 Å². The van der Waals surface area contributed by atoms with Crippen molar-refractivity contribution in [2.24, 2.45) is 0 Å². The first kappa shape index (κ1) is 25.7. The van der Waals surface area contributed by atoms with Gasteiger partial charge in [0.15, 0.2) is 0 Å². The zero-order valence-corrected chi connectivity index (χ0v) is 22.4. The van der Waals surface area contributed by atoms with Crippen molar-refractivity contribution in [3.05, 3.63) is 117 Å². The fourth-order valence-corrected chi connectivity index (χ4v) is 6.03. The lowest BCUT2D eigenvalue weighted by Crippen LogP contribution is -2.09. The van der Waals surface area contributed by atoms with E-state index in [1.54, 1.807) is 28.8 Å². The molecule has 4 aromatic carbocycles. The maximum atomic E-state index is 12.2. The first-order valence-electron chi connectivity index (χ1n) is 11.3. The summed E-state index contributed by atoms with van der Waals surface area (Å²) in [5, 5.41) is 21.7. The summed E-state index contributed by atoms with van der Waals surface area (Å²) >= 11 is 20.3. The van der Waals surface area contributed by atoms with Gasteiger partial charge in [-0.05, 0) is 64.7 Å². The van der Waals surface area contributed by atoms with Crippen molar-refractivity contribution in [3.8, 4) is 11.1 Å². The third-order valence-corrected chi connectivity index (χ3v) is 8.03. The quantitative estimate of drug-likeness (QED) is 0.206. The van der Waals surface area contributed by atoms with Crippen LogP contribution in [-0.2, 0) is 13.2 Å². The van der Waals surface area contributed by atoms with E-state index in [9.17, 15) is 15.0 Å². The first-order chi connectivity index (χ1) is 17.8. The lowest BCUT2D eigenvalue weighted by Gasteiger charge is -2.12. The zero-order valence-electron chi connectivity index (χ0n) is 19.3. The van der Waals surface area contributed by atoms with Crippen LogP contribution in [0.1, 0.15) is 21.6 Å². The van der Waals surface area contributed by atoms with Gasteiger partial charge in [0, 0.05) is 31.8 Å². The van der Waals surface area contributed by atoms with Crippen LogP contribution in [-0.4, -0.2) is 20.7 Å². The van der Waals surface area contributed by atoms with Crippen molar-refractivity contribution in [2.75, 3.05) is 0 Å². The number of aliphatic hydroxyl groups is 1. The predicted molar refractivity (Wildman–Crippen MR) is 151 cm³/mol. The summed E-state index contributed by atoms with van der Waals surface area (Å²) in [5.74, 6) is -1.02. The molecule has 0 unspecified atom stereocenters. The molecule has 0 radical (unpaired) electrons. The summed E-state index contributed by atoms with van der Waals surface area (Å²) in [5.41, 5.74) is 4.69. The van der Waals surface area contributed by atoms with Crippen molar-refractivity contribution < 1.29 is 15.0 Å². The van der Waals surface area contributed by atoms with Gasteiger partial charge in [0.25, 0.3) is 0 Å². The molecule has 0 bridgehead atoms. The highest BCUT2D eigenvalue weighted by atomic mass is 35.5. The van der Waals surface area contributed by atoms with Crippen LogP contribution in [0.15, 0.2) is 94.7 Å². The number of rotatable bonds is 7. The van der Waals surface area contributed by atoms with E-state index in [0.29, 0.717) is 21.6 Å². The molecule has 37 heavy (non-hydrogen) atoms. The van der Waals surface area contributed by atoms with E-state index in [1.807, 2.05) is 60.7 Å². The number of halogens is 3. The molecular weight excluding hydrogens is 549 g/mol. The Balaban J connectivity index is 1.52. The lowest BCUT2D eigenvalue weighted by molar-refractivity contribution is 0.0686. The Morgan fingerprint density at radius 3 is 2.27 bits per heavy atom. The molecule has 0 aliphatic rings. The second-order valence-electron chi connectivity index (χ2n) is 8.49. The van der Waals surface area contributed by atoms with Crippen molar-refractivity contribution >= 4 is 63.4 Å². The molecule has 1 heterocycles. The highest BCUT2D eigenvalue weighted by molar-refractivity contribution is 7.99. The van der Waals surface area contributed by atoms with E-state index in [0.717, 1.165) is 42.9 Å². The molecule has 5 rings (SSSR count). The Hall–Kier alpha value is -2.93. The van der Waals surface area contributed by atoms with Gasteiger partial charge in [0.05, 0.1) is 17.1 Å². The molecule has 4 nitrogen and oxygen atoms in total. The highest BCUT2D eigenvalue weighted by Crippen LogP contribution is 2.41. The highest BCUT2D eigenvalue weighted by Gasteiger charge is 2.19. The maximum absolute atomic E-state index is 12.2. The van der Waals surface area contributed by atoms with Crippen molar-refractivity contribution in [1.29, 1.82) is 0 Å². The fraction of sp³-hybridized carbons (Fsp3) is 0.0690. The minimum Gasteiger partial charge on any atom is -0.477 e. The van der Waals surface area contributed by atoms with Gasteiger partial charge in [-0.15, -0.1) is 0 Å². The summed E-state index contributed by atoms with van der Waals surface area (Å²) in [6.45, 7) is 0.339. The van der Waals surface area contributed by atoms with Crippen LogP contribution in [0.25, 0.3) is 22.0 Å². The van der Waals surface area contributed by atoms with Crippen molar-refractivity contribution in [2.45, 2.75) is 22.9 Å². The van der Waals surface area contributed by atoms with Gasteiger partial charge in [0.2, 0.25) is 0 Å². The second kappa shape index (κ2) is 10.8. The van der Waals surface area contributed by atoms with Crippen LogP contribution in [0, 0.1) is 0 Å². The molecule has 0 saturated heterocycles. The third-order valence-electron chi connectivity index (χ3n) is 6.02. The van der Waals surface area contributed by atoms with Crippen LogP contribution in [0.5, 0.6) is 0 Å². The number of fused-ring (bicyclic) bond motifs is 1. The van der Waals surface area contributed by atoms with Gasteiger partial charge in [-0.2, -0.15) is 0 Å². The van der Waals surface area contributed by atoms with E-state index in [1.165, 1.54) is 11.8 Å². The standard InChI is InChI=1S/C29H20Cl3NO3S/c30-21-8-9-27(24(32)11-21)37-28-13-22(31)12-25-23(28)14-26(29(35)36)33(25)15-17-4-6-19(7-5-17)20-3-1-2-18(10-20)16-34/h1-14,34H,15-16H2,(H,35,36). The van der Waals surface area contributed by atoms with Crippen LogP contribution in [0.3, 0.4) is 0 Å². The number of carboxylic acids is 1. The van der Waals surface area contributed by atoms with E-state index in [4.69, 9.17) is 34.8 Å². The van der Waals surface area contributed by atoms with E-state index >= 15 is 0 Å². The molecule has 0 amide bonds. The predicted octanol–water partition coefficient (Wildman–Crippen LogP) is 8.66. The molecule has 0 saturated carbocycles. The molecule has 0 aliphatic heterocycles. The van der Waals surface area contributed by atoms with Crippen LogP contribution in [0.2, 0.25) is 15.1 Å². The monoisotopic (exact) mass is 567 g/mol. The Bertz CT molecular complexity index is 1630. The number of hydrogen-bond donors (Lipinski definition) is 2. The minimum absolute atomic E-state index is 0.0162. The molecule has 5 aromatic rings. The Morgan fingerprint density at radius 2 is 1.57 bits per heavy atom. The number of hydrogen-bond acceptors (Lipinski definition) is 3. The average Bonchev–Trinajstić information content (AvgIpc) is 3.24. The molecule has 2 N–H and O–H groups in total. The van der Waals surface area contributed by atoms with Gasteiger partial charge in [0.1, 0.15) is 5.69 Å². The number of nitrogens with zero attached hydrogens (tertiary/aromatic N) is 1. The maximum Gasteiger partial charge on any atom is 0.352 e. The van der Waals surface area contributed by atoms with E-state index in [-0.39, 0.29) is 12.3 Å². The Morgan fingerprint density at radius 1 is 0.784 bits per heavy atom. The van der Waals surface area contributed by atoms with Crippen LogP contribution < -0.4 is 0 Å². The normalized spacial score (nSPS) is 11.2. The van der Waals surface area contributed by atoms with Crippen molar-refractivity contribution in [3.63, 3.8) is 0 Å². The summed E-state index contributed by atoms with van der Waals surface area (Å²) in [6, 6.07) is 26.2. The molecule has 0 atom stereocenters. The number of aliphatic hydroxyl groups excluding tert-OH is 1. The molecule has 8 heteroatoms. The molecule has 186 valence electrons. The van der Waals surface area contributed by atoms with Gasteiger partial charge in [-0.3, -0.25) is 0 Å². The Kier molecular flexibility index (Phi) is 7.52. The zero-order chi connectivity index (χ0) is 26.1. The number of carboxylic acid groups (broad SMARTS) is 1. The molecule has 1 aromatic heterocycles.